The first-order valence-electron chi connectivity index (χ1n) is 6.16. The van der Waals surface area contributed by atoms with Gasteiger partial charge in [-0.3, -0.25) is 9.59 Å². The number of amides is 1. The molecule has 1 aromatic rings. The van der Waals surface area contributed by atoms with Gasteiger partial charge in [0.05, 0.1) is 10.6 Å². The lowest BCUT2D eigenvalue weighted by atomic mass is 9.95. The lowest BCUT2D eigenvalue weighted by molar-refractivity contribution is -0.136. The number of hydrogen-bond acceptors (Lipinski definition) is 3. The highest BCUT2D eigenvalue weighted by atomic mass is 35.5. The van der Waals surface area contributed by atoms with Gasteiger partial charge >= 0.3 is 0 Å². The minimum atomic E-state index is -0.685. The van der Waals surface area contributed by atoms with Crippen LogP contribution in [0.15, 0.2) is 18.2 Å². The van der Waals surface area contributed by atoms with Crippen LogP contribution in [0.1, 0.15) is 24.2 Å². The maximum Gasteiger partial charge on any atom is 0.247 e. The summed E-state index contributed by atoms with van der Waals surface area (Å²) in [5.74, 6) is 0.0376. The monoisotopic (exact) mass is 280 g/mol. The molecular weight excluding hydrogens is 264 g/mol. The fourth-order valence-electron chi connectivity index (χ4n) is 2.51. The SMILES string of the molecule is CN1CCN(c2cccc(Cl)c2C=O)C(C)(C)C1=O. The molecule has 19 heavy (non-hydrogen) atoms. The Morgan fingerprint density at radius 3 is 2.63 bits per heavy atom. The maximum atomic E-state index is 12.3. The molecule has 0 unspecified atom stereocenters. The highest BCUT2D eigenvalue weighted by Crippen LogP contribution is 2.33. The van der Waals surface area contributed by atoms with Crippen molar-refractivity contribution in [3.8, 4) is 0 Å². The van der Waals surface area contributed by atoms with Gasteiger partial charge < -0.3 is 9.80 Å². The Morgan fingerprint density at radius 1 is 1.32 bits per heavy atom. The van der Waals surface area contributed by atoms with Crippen molar-refractivity contribution in [2.75, 3.05) is 25.0 Å². The zero-order chi connectivity index (χ0) is 14.2. The molecule has 0 saturated carbocycles. The van der Waals surface area contributed by atoms with E-state index in [4.69, 9.17) is 11.6 Å². The van der Waals surface area contributed by atoms with Gasteiger partial charge in [0.2, 0.25) is 5.91 Å². The van der Waals surface area contributed by atoms with E-state index in [2.05, 4.69) is 0 Å². The van der Waals surface area contributed by atoms with Crippen LogP contribution in [0.2, 0.25) is 5.02 Å². The van der Waals surface area contributed by atoms with Crippen LogP contribution in [-0.2, 0) is 4.79 Å². The van der Waals surface area contributed by atoms with Gasteiger partial charge in [-0.05, 0) is 26.0 Å². The summed E-state index contributed by atoms with van der Waals surface area (Å²) in [6.45, 7) is 5.03. The van der Waals surface area contributed by atoms with E-state index >= 15 is 0 Å². The predicted molar refractivity (Wildman–Crippen MR) is 75.9 cm³/mol. The summed E-state index contributed by atoms with van der Waals surface area (Å²) in [5.41, 5.74) is 0.471. The summed E-state index contributed by atoms with van der Waals surface area (Å²) in [6.07, 6.45) is 0.747. The van der Waals surface area contributed by atoms with Gasteiger partial charge in [0.1, 0.15) is 5.54 Å². The van der Waals surface area contributed by atoms with Crippen LogP contribution in [0, 0.1) is 0 Å². The summed E-state index contributed by atoms with van der Waals surface area (Å²) in [5, 5.41) is 0.412. The van der Waals surface area contributed by atoms with Crippen molar-refractivity contribution in [2.24, 2.45) is 0 Å². The van der Waals surface area contributed by atoms with Crippen molar-refractivity contribution in [3.63, 3.8) is 0 Å². The van der Waals surface area contributed by atoms with Gasteiger partial charge in [0, 0.05) is 25.8 Å². The Labute approximate surface area is 117 Å². The zero-order valence-electron chi connectivity index (χ0n) is 11.3. The van der Waals surface area contributed by atoms with E-state index in [1.54, 1.807) is 24.1 Å². The Bertz CT molecular complexity index is 528. The average Bonchev–Trinajstić information content (AvgIpc) is 2.36. The molecule has 1 saturated heterocycles. The molecular formula is C14H17ClN2O2. The standard InChI is InChI=1S/C14H17ClN2O2/c1-14(2)13(19)16(3)7-8-17(14)12-6-4-5-11(15)10(12)9-18/h4-6,9H,7-8H2,1-3H3. The number of hydrogen-bond donors (Lipinski definition) is 0. The Hall–Kier alpha value is -1.55. The Balaban J connectivity index is 2.50. The molecule has 5 heteroatoms. The number of aldehydes is 1. The van der Waals surface area contributed by atoms with Gasteiger partial charge in [0.15, 0.2) is 6.29 Å². The molecule has 1 aliphatic rings. The normalized spacial score (nSPS) is 18.6. The van der Waals surface area contributed by atoms with Crippen LogP contribution in [-0.4, -0.2) is 42.8 Å². The van der Waals surface area contributed by atoms with Gasteiger partial charge in [-0.25, -0.2) is 0 Å². The summed E-state index contributed by atoms with van der Waals surface area (Å²) >= 11 is 6.05. The molecule has 1 aromatic carbocycles. The highest BCUT2D eigenvalue weighted by Gasteiger charge is 2.41. The molecule has 1 heterocycles. The lowest BCUT2D eigenvalue weighted by Gasteiger charge is -2.46. The van der Waals surface area contributed by atoms with Crippen LogP contribution in [0.25, 0.3) is 0 Å². The molecule has 4 nitrogen and oxygen atoms in total. The Morgan fingerprint density at radius 2 is 2.00 bits per heavy atom. The lowest BCUT2D eigenvalue weighted by Crippen LogP contribution is -2.62. The first-order chi connectivity index (χ1) is 8.89. The number of benzene rings is 1. The molecule has 0 radical (unpaired) electrons. The minimum Gasteiger partial charge on any atom is -0.355 e. The van der Waals surface area contributed by atoms with Crippen LogP contribution >= 0.6 is 11.6 Å². The van der Waals surface area contributed by atoms with Crippen LogP contribution in [0.3, 0.4) is 0 Å². The number of halogens is 1. The molecule has 0 spiro atoms. The number of rotatable bonds is 2. The van der Waals surface area contributed by atoms with Crippen LogP contribution in [0.4, 0.5) is 5.69 Å². The second-order valence-corrected chi connectivity index (χ2v) is 5.64. The fraction of sp³-hybridized carbons (Fsp3) is 0.429. The van der Waals surface area contributed by atoms with Crippen LogP contribution < -0.4 is 4.90 Å². The first-order valence-corrected chi connectivity index (χ1v) is 6.54. The average molecular weight is 281 g/mol. The molecule has 0 N–H and O–H groups in total. The van der Waals surface area contributed by atoms with Gasteiger partial charge in [-0.15, -0.1) is 0 Å². The number of likely N-dealkylation sites (N-methyl/N-ethyl adjacent to an activating group) is 1. The third kappa shape index (κ3) is 2.21. The van der Waals surface area contributed by atoms with Crippen molar-refractivity contribution in [1.82, 2.24) is 4.90 Å². The largest absolute Gasteiger partial charge is 0.355 e. The van der Waals surface area contributed by atoms with E-state index in [1.165, 1.54) is 0 Å². The third-order valence-corrected chi connectivity index (χ3v) is 3.97. The maximum absolute atomic E-state index is 12.3. The molecule has 102 valence electrons. The molecule has 1 aliphatic heterocycles. The molecule has 0 atom stereocenters. The smallest absolute Gasteiger partial charge is 0.247 e. The van der Waals surface area contributed by atoms with Crippen molar-refractivity contribution < 1.29 is 9.59 Å². The summed E-state index contributed by atoms with van der Waals surface area (Å²) in [6, 6.07) is 5.30. The van der Waals surface area contributed by atoms with E-state index < -0.39 is 5.54 Å². The van der Waals surface area contributed by atoms with Gasteiger partial charge in [0.25, 0.3) is 0 Å². The van der Waals surface area contributed by atoms with Gasteiger partial charge in [-0.2, -0.15) is 0 Å². The number of nitrogens with zero attached hydrogens (tertiary/aromatic N) is 2. The minimum absolute atomic E-state index is 0.0376. The number of piperazine rings is 1. The van der Waals surface area contributed by atoms with Crippen molar-refractivity contribution in [2.45, 2.75) is 19.4 Å². The predicted octanol–water partition coefficient (Wildman–Crippen LogP) is 2.21. The molecule has 0 aromatic heterocycles. The summed E-state index contributed by atoms with van der Waals surface area (Å²) in [4.78, 5) is 27.2. The number of carbonyl (C=O) groups is 2. The topological polar surface area (TPSA) is 40.6 Å². The highest BCUT2D eigenvalue weighted by molar-refractivity contribution is 6.33. The number of anilines is 1. The number of carbonyl (C=O) groups excluding carboxylic acids is 2. The van der Waals surface area contributed by atoms with E-state index in [1.807, 2.05) is 24.8 Å². The van der Waals surface area contributed by atoms with E-state index in [0.717, 1.165) is 6.29 Å². The second-order valence-electron chi connectivity index (χ2n) is 5.23. The third-order valence-electron chi connectivity index (χ3n) is 3.64. The van der Waals surface area contributed by atoms with Crippen molar-refractivity contribution in [1.29, 1.82) is 0 Å². The summed E-state index contributed by atoms with van der Waals surface area (Å²) < 4.78 is 0. The first kappa shape index (κ1) is 13.9. The van der Waals surface area contributed by atoms with Crippen LogP contribution in [0.5, 0.6) is 0 Å². The molecule has 2 rings (SSSR count). The molecule has 0 aliphatic carbocycles. The van der Waals surface area contributed by atoms with Crippen molar-refractivity contribution in [3.05, 3.63) is 28.8 Å². The molecule has 1 fully saturated rings. The summed E-state index contributed by atoms with van der Waals surface area (Å²) in [7, 11) is 1.79. The van der Waals surface area contributed by atoms with Crippen molar-refractivity contribution >= 4 is 29.5 Å². The van der Waals surface area contributed by atoms with E-state index in [-0.39, 0.29) is 5.91 Å². The van der Waals surface area contributed by atoms with E-state index in [0.29, 0.717) is 29.4 Å². The Kier molecular flexibility index (Phi) is 3.54. The molecule has 0 bridgehead atoms. The van der Waals surface area contributed by atoms with Gasteiger partial charge in [-0.1, -0.05) is 17.7 Å². The zero-order valence-corrected chi connectivity index (χ0v) is 12.1. The molecule has 1 amide bonds. The fourth-order valence-corrected chi connectivity index (χ4v) is 2.73. The second kappa shape index (κ2) is 4.85. The van der Waals surface area contributed by atoms with E-state index in [9.17, 15) is 9.59 Å². The quantitative estimate of drug-likeness (QED) is 0.780.